The van der Waals surface area contributed by atoms with Gasteiger partial charge in [0.2, 0.25) is 10.0 Å². The number of sulfonamides is 1. The number of aromatic nitrogens is 1. The third kappa shape index (κ3) is 2.65. The molecule has 1 aromatic carbocycles. The molecule has 0 spiro atoms. The van der Waals surface area contributed by atoms with Crippen molar-refractivity contribution in [3.8, 4) is 0 Å². The molecule has 0 atom stereocenters. The van der Waals surface area contributed by atoms with Crippen molar-refractivity contribution in [3.05, 3.63) is 23.2 Å². The van der Waals surface area contributed by atoms with E-state index in [1.54, 1.807) is 18.2 Å². The molecule has 16 heavy (non-hydrogen) atoms. The molecular formula is C8H6BrClN2O2S2. The number of thiazole rings is 1. The monoisotopic (exact) mass is 340 g/mol. The van der Waals surface area contributed by atoms with Gasteiger partial charge in [-0.25, -0.2) is 13.4 Å². The number of hydrogen-bond acceptors (Lipinski definition) is 4. The van der Waals surface area contributed by atoms with Crippen molar-refractivity contribution in [2.45, 2.75) is 0 Å². The van der Waals surface area contributed by atoms with Crippen LogP contribution >= 0.6 is 38.9 Å². The van der Waals surface area contributed by atoms with Crippen molar-refractivity contribution in [3.63, 3.8) is 0 Å². The van der Waals surface area contributed by atoms with Crippen molar-refractivity contribution in [2.24, 2.45) is 0 Å². The normalized spacial score (nSPS) is 11.9. The summed E-state index contributed by atoms with van der Waals surface area (Å²) in [5, 5.41) is 0.947. The lowest BCUT2D eigenvalue weighted by Gasteiger charge is -1.98. The number of nitrogens with zero attached hydrogens (tertiary/aromatic N) is 1. The number of fused-ring (bicyclic) bond motifs is 1. The second-order valence-corrected chi connectivity index (χ2v) is 7.45. The van der Waals surface area contributed by atoms with Gasteiger partial charge >= 0.3 is 0 Å². The Morgan fingerprint density at radius 1 is 1.50 bits per heavy atom. The van der Waals surface area contributed by atoms with Crippen LogP contribution in [0.25, 0.3) is 10.2 Å². The predicted molar refractivity (Wildman–Crippen MR) is 71.0 cm³/mol. The topological polar surface area (TPSA) is 59.1 Å². The van der Waals surface area contributed by atoms with E-state index in [9.17, 15) is 8.42 Å². The van der Waals surface area contributed by atoms with Crippen LogP contribution in [0.5, 0.6) is 0 Å². The second kappa shape index (κ2) is 4.48. The molecule has 86 valence electrons. The average Bonchev–Trinajstić information content (AvgIpc) is 2.58. The summed E-state index contributed by atoms with van der Waals surface area (Å²) in [6.07, 6.45) is 0. The largest absolute Gasteiger partial charge is 0.258 e. The molecule has 0 saturated carbocycles. The van der Waals surface area contributed by atoms with E-state index in [1.807, 2.05) is 0 Å². The molecule has 0 aliphatic heterocycles. The molecule has 0 aliphatic rings. The Balaban J connectivity index is 2.40. The number of anilines is 1. The molecule has 4 nitrogen and oxygen atoms in total. The highest BCUT2D eigenvalue weighted by Gasteiger charge is 2.11. The smallest absolute Gasteiger partial charge is 0.244 e. The van der Waals surface area contributed by atoms with Gasteiger partial charge in [-0.05, 0) is 18.2 Å². The van der Waals surface area contributed by atoms with E-state index in [2.05, 4.69) is 25.6 Å². The molecule has 0 aliphatic carbocycles. The highest BCUT2D eigenvalue weighted by molar-refractivity contribution is 9.10. The number of hydrogen-bond donors (Lipinski definition) is 1. The van der Waals surface area contributed by atoms with E-state index >= 15 is 0 Å². The molecule has 0 saturated heterocycles. The summed E-state index contributed by atoms with van der Waals surface area (Å²) in [6, 6.07) is 5.22. The Kier molecular flexibility index (Phi) is 3.39. The van der Waals surface area contributed by atoms with Crippen LogP contribution in [-0.2, 0) is 10.0 Å². The van der Waals surface area contributed by atoms with Gasteiger partial charge in [0.05, 0.1) is 10.2 Å². The van der Waals surface area contributed by atoms with Crippen LogP contribution < -0.4 is 4.72 Å². The number of alkyl halides is 1. The van der Waals surface area contributed by atoms with E-state index in [1.165, 1.54) is 11.3 Å². The van der Waals surface area contributed by atoms with Gasteiger partial charge in [-0.2, -0.15) is 0 Å². The Bertz CT molecular complexity index is 626. The zero-order valence-corrected chi connectivity index (χ0v) is 11.8. The highest BCUT2D eigenvalue weighted by atomic mass is 79.9. The summed E-state index contributed by atoms with van der Waals surface area (Å²) in [7, 11) is -3.35. The van der Waals surface area contributed by atoms with Gasteiger partial charge in [0, 0.05) is 5.02 Å². The fraction of sp³-hybridized carbons (Fsp3) is 0.125. The van der Waals surface area contributed by atoms with Crippen molar-refractivity contribution in [1.29, 1.82) is 0 Å². The van der Waals surface area contributed by atoms with Gasteiger partial charge < -0.3 is 0 Å². The summed E-state index contributed by atoms with van der Waals surface area (Å²) >= 11 is 9.96. The Morgan fingerprint density at radius 3 is 2.94 bits per heavy atom. The summed E-state index contributed by atoms with van der Waals surface area (Å²) in [5.74, 6) is 0. The molecule has 2 rings (SSSR count). The van der Waals surface area contributed by atoms with E-state index in [4.69, 9.17) is 11.6 Å². The SMILES string of the molecule is O=S(=O)(CBr)Nc1nc2ccc(Cl)cc2s1. The number of benzene rings is 1. The van der Waals surface area contributed by atoms with Crippen molar-refractivity contribution in [2.75, 3.05) is 9.38 Å². The van der Waals surface area contributed by atoms with Gasteiger partial charge in [-0.1, -0.05) is 38.9 Å². The number of halogens is 2. The fourth-order valence-electron chi connectivity index (χ4n) is 1.10. The summed E-state index contributed by atoms with van der Waals surface area (Å²) in [5.41, 5.74) is 0.724. The maximum absolute atomic E-state index is 11.3. The van der Waals surface area contributed by atoms with Gasteiger partial charge in [-0.15, -0.1) is 0 Å². The molecule has 0 radical (unpaired) electrons. The van der Waals surface area contributed by atoms with Crippen molar-refractivity contribution in [1.82, 2.24) is 4.98 Å². The van der Waals surface area contributed by atoms with E-state index in [0.717, 1.165) is 10.2 Å². The first kappa shape index (κ1) is 12.1. The third-order valence-electron chi connectivity index (χ3n) is 1.74. The van der Waals surface area contributed by atoms with Crippen molar-refractivity contribution >= 4 is 64.2 Å². The minimum Gasteiger partial charge on any atom is -0.258 e. The zero-order chi connectivity index (χ0) is 11.8. The van der Waals surface area contributed by atoms with Crippen LogP contribution in [0.4, 0.5) is 5.13 Å². The number of nitrogens with one attached hydrogen (secondary N) is 1. The molecule has 1 aromatic heterocycles. The van der Waals surface area contributed by atoms with Gasteiger partial charge in [0.1, 0.15) is 4.66 Å². The van der Waals surface area contributed by atoms with Crippen LogP contribution in [0.2, 0.25) is 5.02 Å². The minimum absolute atomic E-state index is 0.156. The minimum atomic E-state index is -3.35. The lowest BCUT2D eigenvalue weighted by atomic mass is 10.3. The second-order valence-electron chi connectivity index (χ2n) is 2.96. The van der Waals surface area contributed by atoms with Crippen LogP contribution in [0, 0.1) is 0 Å². The van der Waals surface area contributed by atoms with Crippen LogP contribution in [0.15, 0.2) is 18.2 Å². The fourth-order valence-corrected chi connectivity index (χ4v) is 3.35. The van der Waals surface area contributed by atoms with Crippen LogP contribution in [0.3, 0.4) is 0 Å². The lowest BCUT2D eigenvalue weighted by molar-refractivity contribution is 0.606. The maximum Gasteiger partial charge on any atom is 0.244 e. The first-order valence-corrected chi connectivity index (χ1v) is 8.09. The number of rotatable bonds is 3. The summed E-state index contributed by atoms with van der Waals surface area (Å²) < 4.78 is 25.6. The molecule has 0 amide bonds. The Morgan fingerprint density at radius 2 is 2.25 bits per heavy atom. The van der Waals surface area contributed by atoms with Gasteiger partial charge in [-0.3, -0.25) is 4.72 Å². The first-order valence-electron chi connectivity index (χ1n) is 4.13. The molecule has 8 heteroatoms. The van der Waals surface area contributed by atoms with Gasteiger partial charge in [0.15, 0.2) is 5.13 Å². The standard InChI is InChI=1S/C8H6BrClN2O2S2/c9-4-16(13,14)12-8-11-6-2-1-5(10)3-7(6)15-8/h1-3H,4H2,(H,11,12). The van der Waals surface area contributed by atoms with Gasteiger partial charge in [0.25, 0.3) is 0 Å². The summed E-state index contributed by atoms with van der Waals surface area (Å²) in [4.78, 5) is 4.14. The van der Waals surface area contributed by atoms with E-state index < -0.39 is 10.0 Å². The molecular weight excluding hydrogens is 336 g/mol. The van der Waals surface area contributed by atoms with E-state index in [0.29, 0.717) is 10.2 Å². The molecule has 0 bridgehead atoms. The quantitative estimate of drug-likeness (QED) is 0.873. The predicted octanol–water partition coefficient (Wildman–Crippen LogP) is 3.04. The molecule has 1 heterocycles. The molecule has 0 unspecified atom stereocenters. The molecule has 2 aromatic rings. The molecule has 1 N–H and O–H groups in total. The van der Waals surface area contributed by atoms with Crippen LogP contribution in [0.1, 0.15) is 0 Å². The van der Waals surface area contributed by atoms with Crippen LogP contribution in [-0.4, -0.2) is 18.1 Å². The van der Waals surface area contributed by atoms with E-state index in [-0.39, 0.29) is 4.66 Å². The Hall–Kier alpha value is -0.370. The first-order chi connectivity index (χ1) is 7.50. The maximum atomic E-state index is 11.3. The third-order valence-corrected chi connectivity index (χ3v) is 5.63. The van der Waals surface area contributed by atoms with Crippen molar-refractivity contribution < 1.29 is 8.42 Å². The molecule has 0 fully saturated rings. The zero-order valence-electron chi connectivity index (χ0n) is 7.78. The lowest BCUT2D eigenvalue weighted by Crippen LogP contribution is -2.12. The Labute approximate surface area is 110 Å². The average molecular weight is 342 g/mol. The summed E-state index contributed by atoms with van der Waals surface area (Å²) in [6.45, 7) is 0. The highest BCUT2D eigenvalue weighted by Crippen LogP contribution is 2.28.